The van der Waals surface area contributed by atoms with E-state index in [0.29, 0.717) is 30.9 Å². The van der Waals surface area contributed by atoms with Crippen LogP contribution in [-0.2, 0) is 26.2 Å². The van der Waals surface area contributed by atoms with Gasteiger partial charge in [0.25, 0.3) is 0 Å². The van der Waals surface area contributed by atoms with Crippen molar-refractivity contribution in [1.82, 2.24) is 24.9 Å². The van der Waals surface area contributed by atoms with E-state index in [1.807, 2.05) is 13.0 Å². The van der Waals surface area contributed by atoms with Crippen LogP contribution in [0, 0.1) is 12.9 Å². The van der Waals surface area contributed by atoms with Crippen LogP contribution in [0.4, 0.5) is 8.78 Å². The number of nitrogens with one attached hydrogen (secondary N) is 1. The van der Waals surface area contributed by atoms with Crippen molar-refractivity contribution in [3.63, 3.8) is 0 Å². The molecular formula is C13H19F2N5. The van der Waals surface area contributed by atoms with Gasteiger partial charge in [-0.05, 0) is 19.9 Å². The Balaban J connectivity index is 1.96. The summed E-state index contributed by atoms with van der Waals surface area (Å²) in [5, 5.41) is 11.3. The summed E-state index contributed by atoms with van der Waals surface area (Å²) < 4.78 is 29.2. The van der Waals surface area contributed by atoms with Crippen molar-refractivity contribution in [3.8, 4) is 0 Å². The minimum Gasteiger partial charge on any atom is -0.307 e. The van der Waals surface area contributed by atoms with Crippen molar-refractivity contribution in [2.75, 3.05) is 6.67 Å². The zero-order chi connectivity index (χ0) is 14.5. The molecular weight excluding hydrogens is 264 g/mol. The molecule has 2 aromatic heterocycles. The Hall–Kier alpha value is -1.76. The van der Waals surface area contributed by atoms with Gasteiger partial charge < -0.3 is 5.32 Å². The summed E-state index contributed by atoms with van der Waals surface area (Å²) in [6.07, 6.45) is 1.63. The predicted octanol–water partition coefficient (Wildman–Crippen LogP) is 1.81. The minimum absolute atomic E-state index is 0.241. The minimum atomic E-state index is -0.453. The molecule has 0 unspecified atom stereocenters. The van der Waals surface area contributed by atoms with Gasteiger partial charge in [-0.3, -0.25) is 4.68 Å². The molecule has 0 aliphatic heterocycles. The molecule has 20 heavy (non-hydrogen) atoms. The zero-order valence-corrected chi connectivity index (χ0v) is 11.7. The maximum absolute atomic E-state index is 14.0. The zero-order valence-electron chi connectivity index (χ0n) is 11.7. The number of halogens is 2. The second-order valence-electron chi connectivity index (χ2n) is 4.51. The van der Waals surface area contributed by atoms with Crippen molar-refractivity contribution >= 4 is 0 Å². The SMILES string of the molecule is CCn1nc(C)c(CNCc2ccnn2CCF)c1F. The first-order chi connectivity index (χ1) is 9.67. The topological polar surface area (TPSA) is 47.7 Å². The molecule has 2 aromatic rings. The molecule has 2 rings (SSSR count). The first-order valence-electron chi connectivity index (χ1n) is 6.66. The second-order valence-corrected chi connectivity index (χ2v) is 4.51. The molecule has 7 heteroatoms. The molecule has 0 aliphatic rings. The van der Waals surface area contributed by atoms with E-state index in [4.69, 9.17) is 0 Å². The number of alkyl halides is 1. The summed E-state index contributed by atoms with van der Waals surface area (Å²) in [6.45, 7) is 4.84. The largest absolute Gasteiger partial charge is 0.307 e. The molecule has 0 fully saturated rings. The van der Waals surface area contributed by atoms with E-state index < -0.39 is 6.67 Å². The third-order valence-electron chi connectivity index (χ3n) is 3.19. The lowest BCUT2D eigenvalue weighted by molar-refractivity contribution is 0.416. The molecule has 0 bridgehead atoms. The average molecular weight is 283 g/mol. The molecule has 0 radical (unpaired) electrons. The molecule has 0 amide bonds. The summed E-state index contributed by atoms with van der Waals surface area (Å²) >= 11 is 0. The number of rotatable bonds is 7. The first-order valence-corrected chi connectivity index (χ1v) is 6.66. The highest BCUT2D eigenvalue weighted by Gasteiger charge is 2.13. The highest BCUT2D eigenvalue weighted by Crippen LogP contribution is 2.12. The van der Waals surface area contributed by atoms with E-state index in [9.17, 15) is 8.78 Å². The van der Waals surface area contributed by atoms with Crippen molar-refractivity contribution < 1.29 is 8.78 Å². The lowest BCUT2D eigenvalue weighted by Gasteiger charge is -2.07. The van der Waals surface area contributed by atoms with Gasteiger partial charge in [0.1, 0.15) is 6.67 Å². The highest BCUT2D eigenvalue weighted by atomic mass is 19.1. The van der Waals surface area contributed by atoms with E-state index in [1.165, 1.54) is 4.68 Å². The Morgan fingerprint density at radius 1 is 1.30 bits per heavy atom. The van der Waals surface area contributed by atoms with Gasteiger partial charge in [0.2, 0.25) is 5.95 Å². The average Bonchev–Trinajstić information content (AvgIpc) is 2.98. The number of aryl methyl sites for hydroxylation is 3. The Morgan fingerprint density at radius 2 is 2.10 bits per heavy atom. The number of hydrogen-bond donors (Lipinski definition) is 1. The van der Waals surface area contributed by atoms with Crippen LogP contribution in [0.3, 0.4) is 0 Å². The van der Waals surface area contributed by atoms with E-state index in [2.05, 4.69) is 15.5 Å². The smallest absolute Gasteiger partial charge is 0.216 e. The Morgan fingerprint density at radius 3 is 2.75 bits per heavy atom. The summed E-state index contributed by atoms with van der Waals surface area (Å²) in [7, 11) is 0. The Labute approximate surface area is 116 Å². The van der Waals surface area contributed by atoms with Crippen LogP contribution in [-0.4, -0.2) is 26.2 Å². The molecule has 0 aliphatic carbocycles. The Kier molecular flexibility index (Phi) is 4.84. The van der Waals surface area contributed by atoms with E-state index >= 15 is 0 Å². The lowest BCUT2D eigenvalue weighted by Crippen LogP contribution is -2.18. The third kappa shape index (κ3) is 3.04. The molecule has 110 valence electrons. The fourth-order valence-corrected chi connectivity index (χ4v) is 2.11. The fourth-order valence-electron chi connectivity index (χ4n) is 2.11. The van der Waals surface area contributed by atoms with E-state index in [-0.39, 0.29) is 12.5 Å². The van der Waals surface area contributed by atoms with Crippen molar-refractivity contribution in [1.29, 1.82) is 0 Å². The van der Waals surface area contributed by atoms with Gasteiger partial charge in [0.05, 0.1) is 17.9 Å². The van der Waals surface area contributed by atoms with Crippen LogP contribution in [0.5, 0.6) is 0 Å². The van der Waals surface area contributed by atoms with Crippen molar-refractivity contribution in [3.05, 3.63) is 35.2 Å². The monoisotopic (exact) mass is 283 g/mol. The van der Waals surface area contributed by atoms with Gasteiger partial charge in [-0.1, -0.05) is 0 Å². The van der Waals surface area contributed by atoms with Crippen LogP contribution in [0.2, 0.25) is 0 Å². The van der Waals surface area contributed by atoms with Crippen LogP contribution < -0.4 is 5.32 Å². The second kappa shape index (κ2) is 6.60. The molecule has 2 heterocycles. The molecule has 5 nitrogen and oxygen atoms in total. The Bertz CT molecular complexity index is 561. The molecule has 0 saturated heterocycles. The molecule has 0 spiro atoms. The maximum Gasteiger partial charge on any atom is 0.216 e. The molecule has 0 saturated carbocycles. The molecule has 0 aromatic carbocycles. The van der Waals surface area contributed by atoms with Crippen molar-refractivity contribution in [2.45, 2.75) is 40.0 Å². The normalized spacial score (nSPS) is 11.2. The summed E-state index contributed by atoms with van der Waals surface area (Å²) in [6, 6.07) is 1.82. The summed E-state index contributed by atoms with van der Waals surface area (Å²) in [5.74, 6) is -0.297. The molecule has 1 N–H and O–H groups in total. The van der Waals surface area contributed by atoms with E-state index in [1.54, 1.807) is 17.8 Å². The standard InChI is InChI=1S/C13H19F2N5/c1-3-19-13(15)12(10(2)18-19)9-16-8-11-4-6-17-20(11)7-5-14/h4,6,16H,3,5,7-9H2,1-2H3. The molecule has 0 atom stereocenters. The number of nitrogens with zero attached hydrogens (tertiary/aromatic N) is 4. The maximum atomic E-state index is 14.0. The van der Waals surface area contributed by atoms with Crippen LogP contribution >= 0.6 is 0 Å². The van der Waals surface area contributed by atoms with E-state index in [0.717, 1.165) is 5.69 Å². The summed E-state index contributed by atoms with van der Waals surface area (Å²) in [4.78, 5) is 0. The third-order valence-corrected chi connectivity index (χ3v) is 3.19. The first kappa shape index (κ1) is 14.6. The highest BCUT2D eigenvalue weighted by molar-refractivity contribution is 5.17. The van der Waals surface area contributed by atoms with Crippen LogP contribution in [0.25, 0.3) is 0 Å². The van der Waals surface area contributed by atoms with Gasteiger partial charge >= 0.3 is 0 Å². The van der Waals surface area contributed by atoms with Gasteiger partial charge in [0.15, 0.2) is 0 Å². The predicted molar refractivity (Wildman–Crippen MR) is 71.3 cm³/mol. The lowest BCUT2D eigenvalue weighted by atomic mass is 10.2. The van der Waals surface area contributed by atoms with Crippen LogP contribution in [0.1, 0.15) is 23.9 Å². The van der Waals surface area contributed by atoms with Gasteiger partial charge in [-0.15, -0.1) is 0 Å². The van der Waals surface area contributed by atoms with Crippen LogP contribution in [0.15, 0.2) is 12.3 Å². The number of aromatic nitrogens is 4. The van der Waals surface area contributed by atoms with Crippen molar-refractivity contribution in [2.24, 2.45) is 0 Å². The quantitative estimate of drug-likeness (QED) is 0.843. The van der Waals surface area contributed by atoms with Gasteiger partial charge in [-0.25, -0.2) is 9.07 Å². The summed E-state index contributed by atoms with van der Waals surface area (Å²) in [5.41, 5.74) is 2.14. The van der Waals surface area contributed by atoms with Gasteiger partial charge in [0, 0.05) is 31.4 Å². The van der Waals surface area contributed by atoms with Gasteiger partial charge in [-0.2, -0.15) is 14.6 Å². The fraction of sp³-hybridized carbons (Fsp3) is 0.538. The number of hydrogen-bond acceptors (Lipinski definition) is 3.